The molecule has 1 heterocycles. The topological polar surface area (TPSA) is 84.2 Å². The van der Waals surface area contributed by atoms with E-state index in [2.05, 4.69) is 47.9 Å². The Labute approximate surface area is 195 Å². The maximum absolute atomic E-state index is 13.3. The van der Waals surface area contributed by atoms with Gasteiger partial charge in [-0.15, -0.1) is 0 Å². The van der Waals surface area contributed by atoms with Gasteiger partial charge < -0.3 is 11.1 Å². The van der Waals surface area contributed by atoms with Gasteiger partial charge in [-0.3, -0.25) is 14.9 Å². The first kappa shape index (κ1) is 22.7. The van der Waals surface area contributed by atoms with E-state index in [0.717, 1.165) is 29.7 Å². The minimum Gasteiger partial charge on any atom is -0.368 e. The Balaban J connectivity index is 1.58. The van der Waals surface area contributed by atoms with Gasteiger partial charge in [0.2, 0.25) is 11.8 Å². The zero-order valence-electron chi connectivity index (χ0n) is 19.0. The van der Waals surface area contributed by atoms with E-state index in [1.165, 1.54) is 11.1 Å². The van der Waals surface area contributed by atoms with Gasteiger partial charge in [0.25, 0.3) is 0 Å². The lowest BCUT2D eigenvalue weighted by Gasteiger charge is -2.28. The highest BCUT2D eigenvalue weighted by atomic mass is 16.2. The molecule has 4 N–H and O–H groups in total. The van der Waals surface area contributed by atoms with Crippen LogP contribution in [0.1, 0.15) is 28.7 Å². The van der Waals surface area contributed by atoms with Crippen LogP contribution >= 0.6 is 0 Å². The number of anilines is 1. The van der Waals surface area contributed by atoms with Crippen LogP contribution in [-0.2, 0) is 28.9 Å². The molecule has 4 rings (SSSR count). The van der Waals surface area contributed by atoms with Crippen LogP contribution in [0.5, 0.6) is 0 Å². The molecule has 5 heteroatoms. The van der Waals surface area contributed by atoms with Crippen LogP contribution in [0, 0.1) is 12.8 Å². The highest BCUT2D eigenvalue weighted by Crippen LogP contribution is 2.28. The number of aryl methyl sites for hydroxylation is 2. The Morgan fingerprint density at radius 1 is 1.00 bits per heavy atom. The lowest BCUT2D eigenvalue weighted by atomic mass is 9.86. The molecule has 3 aromatic carbocycles. The van der Waals surface area contributed by atoms with Crippen LogP contribution in [0.2, 0.25) is 0 Å². The lowest BCUT2D eigenvalue weighted by molar-refractivity contribution is -0.122. The Bertz CT molecular complexity index is 1100. The van der Waals surface area contributed by atoms with E-state index < -0.39 is 18.0 Å². The zero-order chi connectivity index (χ0) is 23.2. The van der Waals surface area contributed by atoms with Crippen molar-refractivity contribution in [3.63, 3.8) is 0 Å². The molecule has 0 spiro atoms. The normalized spacial score (nSPS) is 18.6. The van der Waals surface area contributed by atoms with E-state index in [-0.39, 0.29) is 11.8 Å². The number of rotatable bonds is 8. The van der Waals surface area contributed by atoms with Gasteiger partial charge in [-0.2, -0.15) is 0 Å². The average Bonchev–Trinajstić information content (AvgIpc) is 2.94. The fourth-order valence-electron chi connectivity index (χ4n) is 4.55. The molecule has 0 fully saturated rings. The fraction of sp³-hybridized carbons (Fsp3) is 0.286. The monoisotopic (exact) mass is 441 g/mol. The summed E-state index contributed by atoms with van der Waals surface area (Å²) in [5, 5.41) is 6.41. The van der Waals surface area contributed by atoms with E-state index >= 15 is 0 Å². The standard InChI is InChI=1S/C28H31N3O2/c1-19-11-13-21(14-12-19)17-23-18-22-9-5-6-10-24(22)31-28(33)26(23)30-25(27(29)32)16-15-20-7-3-2-4-8-20/h2-14,23,25-26,30H,15-18H2,1H3,(H2,29,32)(H,31,33)/t23?,25-,26-/m0/s1. The maximum Gasteiger partial charge on any atom is 0.241 e. The summed E-state index contributed by atoms with van der Waals surface area (Å²) >= 11 is 0. The molecule has 0 radical (unpaired) electrons. The van der Waals surface area contributed by atoms with Crippen molar-refractivity contribution in [1.82, 2.24) is 5.32 Å². The van der Waals surface area contributed by atoms with Crippen molar-refractivity contribution < 1.29 is 9.59 Å². The summed E-state index contributed by atoms with van der Waals surface area (Å²) in [6.07, 6.45) is 2.69. The molecule has 1 aliphatic heterocycles. The van der Waals surface area contributed by atoms with E-state index in [9.17, 15) is 9.59 Å². The van der Waals surface area contributed by atoms with Gasteiger partial charge in [0, 0.05) is 5.69 Å². The molecule has 1 aliphatic rings. The fourth-order valence-corrected chi connectivity index (χ4v) is 4.55. The molecule has 0 saturated heterocycles. The lowest BCUT2D eigenvalue weighted by Crippen LogP contribution is -2.54. The van der Waals surface area contributed by atoms with Gasteiger partial charge >= 0.3 is 0 Å². The summed E-state index contributed by atoms with van der Waals surface area (Å²) in [4.78, 5) is 25.7. The van der Waals surface area contributed by atoms with E-state index in [1.54, 1.807) is 0 Å². The van der Waals surface area contributed by atoms with Crippen molar-refractivity contribution in [3.05, 3.63) is 101 Å². The predicted molar refractivity (Wildman–Crippen MR) is 132 cm³/mol. The number of para-hydroxylation sites is 1. The molecule has 5 nitrogen and oxygen atoms in total. The molecule has 2 amide bonds. The number of hydrogen-bond acceptors (Lipinski definition) is 3. The Morgan fingerprint density at radius 2 is 1.70 bits per heavy atom. The predicted octanol–water partition coefficient (Wildman–Crippen LogP) is 3.79. The van der Waals surface area contributed by atoms with Gasteiger partial charge in [-0.05, 0) is 61.3 Å². The van der Waals surface area contributed by atoms with Crippen molar-refractivity contribution >= 4 is 17.5 Å². The minimum absolute atomic E-state index is 0.0186. The first-order valence-corrected chi connectivity index (χ1v) is 11.5. The van der Waals surface area contributed by atoms with Crippen molar-refractivity contribution in [2.75, 3.05) is 5.32 Å². The molecule has 0 saturated carbocycles. The van der Waals surface area contributed by atoms with Gasteiger partial charge in [0.1, 0.15) is 0 Å². The van der Waals surface area contributed by atoms with Crippen molar-refractivity contribution in [3.8, 4) is 0 Å². The second kappa shape index (κ2) is 10.5. The molecule has 1 unspecified atom stereocenters. The molecular weight excluding hydrogens is 410 g/mol. The number of amides is 2. The number of carbonyl (C=O) groups excluding carboxylic acids is 2. The summed E-state index contributed by atoms with van der Waals surface area (Å²) in [5.41, 5.74) is 11.2. The van der Waals surface area contributed by atoms with Gasteiger partial charge in [0.15, 0.2) is 0 Å². The average molecular weight is 442 g/mol. The summed E-state index contributed by atoms with van der Waals surface area (Å²) in [6, 6.07) is 25.2. The van der Waals surface area contributed by atoms with E-state index in [0.29, 0.717) is 12.8 Å². The number of hydrogen-bond donors (Lipinski definition) is 3. The minimum atomic E-state index is -0.595. The SMILES string of the molecule is Cc1ccc(CC2Cc3ccccc3NC(=O)[C@H]2N[C@@H](CCc2ccccc2)C(N)=O)cc1. The van der Waals surface area contributed by atoms with E-state index in [4.69, 9.17) is 5.73 Å². The third kappa shape index (κ3) is 5.88. The molecule has 33 heavy (non-hydrogen) atoms. The molecule has 0 aliphatic carbocycles. The second-order valence-electron chi connectivity index (χ2n) is 8.92. The maximum atomic E-state index is 13.3. The second-order valence-corrected chi connectivity index (χ2v) is 8.92. The highest BCUT2D eigenvalue weighted by Gasteiger charge is 2.35. The Morgan fingerprint density at radius 3 is 2.42 bits per heavy atom. The van der Waals surface area contributed by atoms with Crippen LogP contribution in [0.25, 0.3) is 0 Å². The van der Waals surface area contributed by atoms with Crippen LogP contribution in [0.3, 0.4) is 0 Å². The van der Waals surface area contributed by atoms with Gasteiger partial charge in [-0.1, -0.05) is 78.4 Å². The largest absolute Gasteiger partial charge is 0.368 e. The smallest absolute Gasteiger partial charge is 0.241 e. The van der Waals surface area contributed by atoms with Gasteiger partial charge in [-0.25, -0.2) is 0 Å². The number of carbonyl (C=O) groups is 2. The summed E-state index contributed by atoms with van der Waals surface area (Å²) in [7, 11) is 0. The molecule has 3 atom stereocenters. The Kier molecular flexibility index (Phi) is 7.20. The Hall–Kier alpha value is -3.44. The molecule has 170 valence electrons. The quantitative estimate of drug-likeness (QED) is 0.497. The number of nitrogens with two attached hydrogens (primary N) is 1. The third-order valence-electron chi connectivity index (χ3n) is 6.42. The van der Waals surface area contributed by atoms with Gasteiger partial charge in [0.05, 0.1) is 12.1 Å². The van der Waals surface area contributed by atoms with Crippen LogP contribution in [0.4, 0.5) is 5.69 Å². The van der Waals surface area contributed by atoms with Crippen LogP contribution < -0.4 is 16.4 Å². The zero-order valence-corrected chi connectivity index (χ0v) is 19.0. The summed E-state index contributed by atoms with van der Waals surface area (Å²) < 4.78 is 0. The first-order valence-electron chi connectivity index (χ1n) is 11.5. The number of benzene rings is 3. The van der Waals surface area contributed by atoms with E-state index in [1.807, 2.05) is 48.5 Å². The number of fused-ring (bicyclic) bond motifs is 1. The molecule has 0 aromatic heterocycles. The molecular formula is C28H31N3O2. The number of primary amides is 1. The van der Waals surface area contributed by atoms with Crippen molar-refractivity contribution in [2.45, 2.75) is 44.7 Å². The van der Waals surface area contributed by atoms with Crippen LogP contribution in [0.15, 0.2) is 78.9 Å². The summed E-state index contributed by atoms with van der Waals surface area (Å²) in [5.74, 6) is -0.576. The highest BCUT2D eigenvalue weighted by molar-refractivity contribution is 5.97. The van der Waals surface area contributed by atoms with Crippen LogP contribution in [-0.4, -0.2) is 23.9 Å². The molecule has 0 bridgehead atoms. The third-order valence-corrected chi connectivity index (χ3v) is 6.42. The number of nitrogens with one attached hydrogen (secondary N) is 2. The van der Waals surface area contributed by atoms with Crippen molar-refractivity contribution in [1.29, 1.82) is 0 Å². The van der Waals surface area contributed by atoms with Crippen molar-refractivity contribution in [2.24, 2.45) is 11.7 Å². The summed E-state index contributed by atoms with van der Waals surface area (Å²) in [6.45, 7) is 2.06. The molecule has 3 aromatic rings. The first-order chi connectivity index (χ1) is 16.0.